The fourth-order valence-corrected chi connectivity index (χ4v) is 1.86. The van der Waals surface area contributed by atoms with Gasteiger partial charge in [0.1, 0.15) is 0 Å². The molecule has 1 aliphatic heterocycles. The lowest BCUT2D eigenvalue weighted by molar-refractivity contribution is -0.0103. The average molecular weight is 200 g/mol. The Kier molecular flexibility index (Phi) is 5.45. The summed E-state index contributed by atoms with van der Waals surface area (Å²) in [6, 6.07) is 0.633. The number of ether oxygens (including phenoxy) is 1. The monoisotopic (exact) mass is 200 g/mol. The van der Waals surface area contributed by atoms with E-state index in [0.29, 0.717) is 12.0 Å². The minimum absolute atomic E-state index is 0.633. The molecule has 0 aliphatic carbocycles. The summed E-state index contributed by atoms with van der Waals surface area (Å²) >= 11 is 0. The molecule has 2 atom stereocenters. The van der Waals surface area contributed by atoms with Crippen molar-refractivity contribution in [3.63, 3.8) is 0 Å². The van der Waals surface area contributed by atoms with E-state index in [4.69, 9.17) is 10.5 Å². The Morgan fingerprint density at radius 2 is 2.36 bits per heavy atom. The predicted octanol–water partition coefficient (Wildman–Crippen LogP) is 1.08. The van der Waals surface area contributed by atoms with Crippen molar-refractivity contribution < 1.29 is 4.74 Å². The highest BCUT2D eigenvalue weighted by Gasteiger charge is 2.20. The first-order valence-electron chi connectivity index (χ1n) is 5.79. The van der Waals surface area contributed by atoms with E-state index in [1.165, 1.54) is 19.4 Å². The number of hydrogen-bond donors (Lipinski definition) is 1. The molecule has 0 aromatic carbocycles. The summed E-state index contributed by atoms with van der Waals surface area (Å²) in [6.07, 6.45) is 2.41. The van der Waals surface area contributed by atoms with Gasteiger partial charge in [-0.25, -0.2) is 0 Å². The topological polar surface area (TPSA) is 38.5 Å². The second-order valence-corrected chi connectivity index (χ2v) is 4.30. The summed E-state index contributed by atoms with van der Waals surface area (Å²) in [4.78, 5) is 2.55. The summed E-state index contributed by atoms with van der Waals surface area (Å²) in [5.74, 6) is 0.648. The average Bonchev–Trinajstić information content (AvgIpc) is 2.26. The predicted molar refractivity (Wildman–Crippen MR) is 59.3 cm³/mol. The maximum atomic E-state index is 5.61. The molecule has 0 amide bonds. The molecule has 14 heavy (non-hydrogen) atoms. The lowest BCUT2D eigenvalue weighted by Gasteiger charge is -2.35. The fraction of sp³-hybridized carbons (Fsp3) is 1.00. The van der Waals surface area contributed by atoms with Gasteiger partial charge in [-0.15, -0.1) is 0 Å². The maximum Gasteiger partial charge on any atom is 0.0622 e. The number of nitrogens with two attached hydrogens (primary N) is 1. The molecule has 1 saturated heterocycles. The van der Waals surface area contributed by atoms with Crippen molar-refractivity contribution in [2.45, 2.75) is 32.7 Å². The first-order valence-corrected chi connectivity index (χ1v) is 5.79. The molecule has 0 radical (unpaired) electrons. The second kappa shape index (κ2) is 6.38. The van der Waals surface area contributed by atoms with Crippen LogP contribution in [0.1, 0.15) is 26.7 Å². The van der Waals surface area contributed by atoms with Gasteiger partial charge in [0.15, 0.2) is 0 Å². The molecule has 1 fully saturated rings. The number of rotatable bonds is 5. The Hall–Kier alpha value is -0.120. The zero-order valence-electron chi connectivity index (χ0n) is 9.54. The van der Waals surface area contributed by atoms with E-state index < -0.39 is 0 Å². The van der Waals surface area contributed by atoms with Gasteiger partial charge in [0, 0.05) is 12.6 Å². The SMILES string of the molecule is CCC1COCCN1CCC(C)CN. The van der Waals surface area contributed by atoms with E-state index >= 15 is 0 Å². The Balaban J connectivity index is 2.26. The summed E-state index contributed by atoms with van der Waals surface area (Å²) < 4.78 is 5.47. The second-order valence-electron chi connectivity index (χ2n) is 4.30. The highest BCUT2D eigenvalue weighted by atomic mass is 16.5. The van der Waals surface area contributed by atoms with Crippen molar-refractivity contribution in [3.8, 4) is 0 Å². The van der Waals surface area contributed by atoms with E-state index in [-0.39, 0.29) is 0 Å². The van der Waals surface area contributed by atoms with Crippen LogP contribution in [0, 0.1) is 5.92 Å². The van der Waals surface area contributed by atoms with Crippen LogP contribution >= 0.6 is 0 Å². The van der Waals surface area contributed by atoms with Crippen molar-refractivity contribution in [2.24, 2.45) is 11.7 Å². The van der Waals surface area contributed by atoms with Crippen LogP contribution in [0.4, 0.5) is 0 Å². The van der Waals surface area contributed by atoms with Crippen LogP contribution in [0.3, 0.4) is 0 Å². The van der Waals surface area contributed by atoms with Gasteiger partial charge in [0.05, 0.1) is 13.2 Å². The molecule has 0 bridgehead atoms. The van der Waals surface area contributed by atoms with Gasteiger partial charge in [-0.2, -0.15) is 0 Å². The molecule has 0 aromatic rings. The summed E-state index contributed by atoms with van der Waals surface area (Å²) in [5, 5.41) is 0. The highest BCUT2D eigenvalue weighted by molar-refractivity contribution is 4.74. The van der Waals surface area contributed by atoms with Gasteiger partial charge in [0.25, 0.3) is 0 Å². The summed E-state index contributed by atoms with van der Waals surface area (Å²) in [5.41, 5.74) is 5.61. The lowest BCUT2D eigenvalue weighted by atomic mass is 10.1. The fourth-order valence-electron chi connectivity index (χ4n) is 1.86. The third kappa shape index (κ3) is 3.56. The Bertz CT molecular complexity index is 152. The molecule has 0 saturated carbocycles. The summed E-state index contributed by atoms with van der Waals surface area (Å²) in [6.45, 7) is 9.35. The van der Waals surface area contributed by atoms with Crippen LogP contribution in [0.15, 0.2) is 0 Å². The van der Waals surface area contributed by atoms with Crippen LogP contribution < -0.4 is 5.73 Å². The van der Waals surface area contributed by atoms with Crippen molar-refractivity contribution in [1.29, 1.82) is 0 Å². The molecule has 2 unspecified atom stereocenters. The number of nitrogens with zero attached hydrogens (tertiary/aromatic N) is 1. The van der Waals surface area contributed by atoms with E-state index in [2.05, 4.69) is 18.7 Å². The van der Waals surface area contributed by atoms with Crippen LogP contribution in [-0.2, 0) is 4.74 Å². The zero-order chi connectivity index (χ0) is 10.4. The van der Waals surface area contributed by atoms with Crippen molar-refractivity contribution in [2.75, 3.05) is 32.8 Å². The summed E-state index contributed by atoms with van der Waals surface area (Å²) in [7, 11) is 0. The Labute approximate surface area is 87.6 Å². The quantitative estimate of drug-likeness (QED) is 0.722. The maximum absolute atomic E-state index is 5.61. The third-order valence-corrected chi connectivity index (χ3v) is 3.13. The molecule has 0 spiro atoms. The molecular weight excluding hydrogens is 176 g/mol. The van der Waals surface area contributed by atoms with Gasteiger partial charge >= 0.3 is 0 Å². The molecule has 3 nitrogen and oxygen atoms in total. The molecule has 84 valence electrons. The third-order valence-electron chi connectivity index (χ3n) is 3.13. The van der Waals surface area contributed by atoms with Crippen LogP contribution in [0.2, 0.25) is 0 Å². The van der Waals surface area contributed by atoms with Crippen LogP contribution in [0.5, 0.6) is 0 Å². The van der Waals surface area contributed by atoms with E-state index in [9.17, 15) is 0 Å². The van der Waals surface area contributed by atoms with Crippen LogP contribution in [-0.4, -0.2) is 43.8 Å². The zero-order valence-corrected chi connectivity index (χ0v) is 9.54. The minimum Gasteiger partial charge on any atom is -0.378 e. The number of hydrogen-bond acceptors (Lipinski definition) is 3. The Morgan fingerprint density at radius 3 is 3.00 bits per heavy atom. The van der Waals surface area contributed by atoms with Gasteiger partial charge in [-0.1, -0.05) is 13.8 Å². The highest BCUT2D eigenvalue weighted by Crippen LogP contribution is 2.12. The van der Waals surface area contributed by atoms with Gasteiger partial charge in [0.2, 0.25) is 0 Å². The molecule has 1 rings (SSSR count). The number of morpholine rings is 1. The molecule has 3 heteroatoms. The molecular formula is C11H24N2O. The van der Waals surface area contributed by atoms with E-state index in [1.54, 1.807) is 0 Å². The first kappa shape index (κ1) is 12.0. The lowest BCUT2D eigenvalue weighted by Crippen LogP contribution is -2.45. The van der Waals surface area contributed by atoms with Gasteiger partial charge < -0.3 is 10.5 Å². The minimum atomic E-state index is 0.633. The van der Waals surface area contributed by atoms with Crippen LogP contribution in [0.25, 0.3) is 0 Å². The van der Waals surface area contributed by atoms with Gasteiger partial charge in [-0.05, 0) is 31.8 Å². The smallest absolute Gasteiger partial charge is 0.0622 e. The normalized spacial score (nSPS) is 26.4. The van der Waals surface area contributed by atoms with Gasteiger partial charge in [-0.3, -0.25) is 4.90 Å². The van der Waals surface area contributed by atoms with Crippen molar-refractivity contribution in [1.82, 2.24) is 4.90 Å². The van der Waals surface area contributed by atoms with E-state index in [1.807, 2.05) is 0 Å². The Morgan fingerprint density at radius 1 is 1.57 bits per heavy atom. The molecule has 0 aromatic heterocycles. The van der Waals surface area contributed by atoms with Crippen molar-refractivity contribution >= 4 is 0 Å². The standard InChI is InChI=1S/C11H24N2O/c1-3-11-9-14-7-6-13(11)5-4-10(2)8-12/h10-11H,3-9,12H2,1-2H3. The largest absolute Gasteiger partial charge is 0.378 e. The van der Waals surface area contributed by atoms with E-state index in [0.717, 1.165) is 26.3 Å². The van der Waals surface area contributed by atoms with Crippen molar-refractivity contribution in [3.05, 3.63) is 0 Å². The molecule has 1 aliphatic rings. The molecule has 2 N–H and O–H groups in total. The first-order chi connectivity index (χ1) is 6.77. The molecule has 1 heterocycles.